The van der Waals surface area contributed by atoms with Crippen molar-refractivity contribution < 1.29 is 9.52 Å². The zero-order valence-corrected chi connectivity index (χ0v) is 14.3. The predicted molar refractivity (Wildman–Crippen MR) is 89.5 cm³/mol. The van der Waals surface area contributed by atoms with Crippen molar-refractivity contribution in [2.24, 2.45) is 22.7 Å². The molecular weight excluding hydrogens is 272 g/mol. The fourth-order valence-corrected chi connectivity index (χ4v) is 5.44. The summed E-state index contributed by atoms with van der Waals surface area (Å²) in [6.07, 6.45) is 13.2. The number of allylic oxidation sites excluding steroid dienone is 1. The Morgan fingerprint density at radius 1 is 1.27 bits per heavy atom. The Labute approximate surface area is 134 Å². The van der Waals surface area contributed by atoms with Crippen LogP contribution in [0.4, 0.5) is 0 Å². The second-order valence-corrected chi connectivity index (χ2v) is 8.30. The van der Waals surface area contributed by atoms with E-state index in [-0.39, 0.29) is 6.61 Å². The van der Waals surface area contributed by atoms with Crippen LogP contribution in [-0.2, 0) is 6.42 Å². The van der Waals surface area contributed by atoms with Crippen molar-refractivity contribution in [1.82, 2.24) is 0 Å². The summed E-state index contributed by atoms with van der Waals surface area (Å²) in [7, 11) is 0. The molecule has 3 atom stereocenters. The number of aliphatic hydroxyl groups is 1. The Morgan fingerprint density at radius 3 is 2.77 bits per heavy atom. The molecule has 3 rings (SSSR count). The lowest BCUT2D eigenvalue weighted by Crippen LogP contribution is -2.49. The van der Waals surface area contributed by atoms with E-state index in [2.05, 4.69) is 32.9 Å². The van der Waals surface area contributed by atoms with Gasteiger partial charge >= 0.3 is 0 Å². The zero-order chi connectivity index (χ0) is 15.8. The molecule has 2 nitrogen and oxygen atoms in total. The number of hydrogen-bond acceptors (Lipinski definition) is 2. The fraction of sp³-hybridized carbons (Fsp3) is 0.700. The van der Waals surface area contributed by atoms with Crippen molar-refractivity contribution in [2.75, 3.05) is 6.61 Å². The van der Waals surface area contributed by atoms with Crippen LogP contribution in [0, 0.1) is 22.7 Å². The summed E-state index contributed by atoms with van der Waals surface area (Å²) in [6, 6.07) is 2.07. The molecule has 0 bridgehead atoms. The molecular formula is C20H30O2. The number of aliphatic hydroxyl groups excluding tert-OH is 1. The van der Waals surface area contributed by atoms with E-state index in [1.54, 1.807) is 6.26 Å². The number of fused-ring (bicyclic) bond motifs is 1. The first-order chi connectivity index (χ1) is 10.5. The Kier molecular flexibility index (Phi) is 4.24. The third-order valence-corrected chi connectivity index (χ3v) is 6.62. The maximum atomic E-state index is 9.87. The highest BCUT2D eigenvalue weighted by atomic mass is 16.3. The van der Waals surface area contributed by atoms with Crippen LogP contribution in [-0.4, -0.2) is 11.7 Å². The minimum Gasteiger partial charge on any atom is -0.472 e. The van der Waals surface area contributed by atoms with Gasteiger partial charge in [0.1, 0.15) is 0 Å². The van der Waals surface area contributed by atoms with Crippen molar-refractivity contribution in [1.29, 1.82) is 0 Å². The monoisotopic (exact) mass is 302 g/mol. The Hall–Kier alpha value is -1.02. The maximum absolute atomic E-state index is 9.87. The molecule has 0 amide bonds. The molecule has 0 radical (unpaired) electrons. The number of hydrogen-bond donors (Lipinski definition) is 1. The normalized spacial score (nSPS) is 34.1. The Morgan fingerprint density at radius 2 is 2.09 bits per heavy atom. The molecule has 122 valence electrons. The van der Waals surface area contributed by atoms with E-state index < -0.39 is 0 Å². The molecule has 2 aliphatic carbocycles. The SMILES string of the molecule is CC1(C)CCC[C@]2(C)[C@@H](CCc3ccoc3)C(CO)=CC[C@@H]12. The van der Waals surface area contributed by atoms with Gasteiger partial charge in [0, 0.05) is 0 Å². The van der Waals surface area contributed by atoms with Crippen LogP contribution in [0.2, 0.25) is 0 Å². The van der Waals surface area contributed by atoms with Gasteiger partial charge in [-0.25, -0.2) is 0 Å². The number of aryl methyl sites for hydroxylation is 1. The summed E-state index contributed by atoms with van der Waals surface area (Å²) in [5.74, 6) is 1.24. The molecule has 1 N–H and O–H groups in total. The van der Waals surface area contributed by atoms with Crippen LogP contribution >= 0.6 is 0 Å². The van der Waals surface area contributed by atoms with Crippen LogP contribution in [0.15, 0.2) is 34.7 Å². The molecule has 0 spiro atoms. The van der Waals surface area contributed by atoms with E-state index in [0.29, 0.717) is 16.7 Å². The minimum atomic E-state index is 0.221. The molecule has 0 saturated heterocycles. The largest absolute Gasteiger partial charge is 0.472 e. The summed E-state index contributed by atoms with van der Waals surface area (Å²) in [6.45, 7) is 7.60. The standard InChI is InChI=1S/C20H30O2/c1-19(2)10-4-11-20(3)17(7-5-15-9-12-22-14-15)16(13-21)6-8-18(19)20/h6,9,12,14,17-18,21H,4-5,7-8,10-11,13H2,1-3H3/t17-,18-,20+/m0/s1. The van der Waals surface area contributed by atoms with E-state index in [9.17, 15) is 5.11 Å². The lowest BCUT2D eigenvalue weighted by molar-refractivity contribution is -0.0420. The quantitative estimate of drug-likeness (QED) is 0.795. The summed E-state index contributed by atoms with van der Waals surface area (Å²) in [5.41, 5.74) is 3.30. The first-order valence-corrected chi connectivity index (χ1v) is 8.78. The predicted octanol–water partition coefficient (Wildman–Crippen LogP) is 4.98. The van der Waals surface area contributed by atoms with E-state index in [0.717, 1.165) is 25.2 Å². The third kappa shape index (κ3) is 2.67. The topological polar surface area (TPSA) is 33.4 Å². The average Bonchev–Trinajstić information content (AvgIpc) is 2.97. The Balaban J connectivity index is 1.86. The molecule has 0 aromatic carbocycles. The second-order valence-electron chi connectivity index (χ2n) is 8.30. The van der Waals surface area contributed by atoms with Crippen LogP contribution in [0.3, 0.4) is 0 Å². The minimum absolute atomic E-state index is 0.221. The molecule has 1 heterocycles. The fourth-order valence-electron chi connectivity index (χ4n) is 5.44. The van der Waals surface area contributed by atoms with Gasteiger partial charge in [-0.15, -0.1) is 0 Å². The number of rotatable bonds is 4. The second kappa shape index (κ2) is 5.88. The van der Waals surface area contributed by atoms with Crippen molar-refractivity contribution in [3.8, 4) is 0 Å². The van der Waals surface area contributed by atoms with Gasteiger partial charge in [0.15, 0.2) is 0 Å². The molecule has 0 aliphatic heterocycles. The van der Waals surface area contributed by atoms with Gasteiger partial charge in [-0.05, 0) is 72.0 Å². The van der Waals surface area contributed by atoms with Crippen molar-refractivity contribution in [3.05, 3.63) is 35.8 Å². The molecule has 2 heteroatoms. The zero-order valence-electron chi connectivity index (χ0n) is 14.3. The van der Waals surface area contributed by atoms with E-state index >= 15 is 0 Å². The van der Waals surface area contributed by atoms with E-state index in [1.807, 2.05) is 6.26 Å². The molecule has 1 saturated carbocycles. The van der Waals surface area contributed by atoms with Gasteiger partial charge in [0.25, 0.3) is 0 Å². The van der Waals surface area contributed by atoms with E-state index in [4.69, 9.17) is 4.42 Å². The van der Waals surface area contributed by atoms with Crippen molar-refractivity contribution in [3.63, 3.8) is 0 Å². The first-order valence-electron chi connectivity index (χ1n) is 8.78. The average molecular weight is 302 g/mol. The first kappa shape index (κ1) is 15.9. The smallest absolute Gasteiger partial charge is 0.0934 e. The highest BCUT2D eigenvalue weighted by molar-refractivity contribution is 5.21. The third-order valence-electron chi connectivity index (χ3n) is 6.62. The van der Waals surface area contributed by atoms with Gasteiger partial charge in [0.2, 0.25) is 0 Å². The van der Waals surface area contributed by atoms with Crippen LogP contribution in [0.1, 0.15) is 58.4 Å². The maximum Gasteiger partial charge on any atom is 0.0934 e. The molecule has 1 fully saturated rings. The van der Waals surface area contributed by atoms with E-state index in [1.165, 1.54) is 30.4 Å². The number of furan rings is 1. The van der Waals surface area contributed by atoms with Gasteiger partial charge in [-0.1, -0.05) is 33.3 Å². The highest BCUT2D eigenvalue weighted by Gasteiger charge is 2.51. The summed E-state index contributed by atoms with van der Waals surface area (Å²) >= 11 is 0. The summed E-state index contributed by atoms with van der Waals surface area (Å²) in [4.78, 5) is 0. The van der Waals surface area contributed by atoms with Gasteiger partial charge < -0.3 is 9.52 Å². The van der Waals surface area contributed by atoms with Gasteiger partial charge in [0.05, 0.1) is 19.1 Å². The summed E-state index contributed by atoms with van der Waals surface area (Å²) in [5, 5.41) is 9.87. The van der Waals surface area contributed by atoms with Gasteiger partial charge in [-0.3, -0.25) is 0 Å². The van der Waals surface area contributed by atoms with Crippen molar-refractivity contribution >= 4 is 0 Å². The van der Waals surface area contributed by atoms with Gasteiger partial charge in [-0.2, -0.15) is 0 Å². The van der Waals surface area contributed by atoms with Crippen LogP contribution in [0.25, 0.3) is 0 Å². The molecule has 1 aromatic heterocycles. The van der Waals surface area contributed by atoms with Crippen molar-refractivity contribution in [2.45, 2.75) is 59.3 Å². The lowest BCUT2D eigenvalue weighted by atomic mass is 9.48. The van der Waals surface area contributed by atoms with Crippen LogP contribution in [0.5, 0.6) is 0 Å². The lowest BCUT2D eigenvalue weighted by Gasteiger charge is -2.57. The Bertz CT molecular complexity index is 526. The molecule has 2 aliphatic rings. The molecule has 0 unspecified atom stereocenters. The summed E-state index contributed by atoms with van der Waals surface area (Å²) < 4.78 is 5.21. The highest BCUT2D eigenvalue weighted by Crippen LogP contribution is 2.60. The molecule has 1 aromatic rings. The van der Waals surface area contributed by atoms with Crippen LogP contribution < -0.4 is 0 Å². The molecule has 22 heavy (non-hydrogen) atoms.